The van der Waals surface area contributed by atoms with Crippen molar-refractivity contribution in [1.82, 2.24) is 14.9 Å². The first-order valence-electron chi connectivity index (χ1n) is 11.5. The Kier molecular flexibility index (Phi) is 7.71. The Balaban J connectivity index is 1.35. The number of hydrogen-bond donors (Lipinski definition) is 1. The van der Waals surface area contributed by atoms with E-state index in [9.17, 15) is 9.18 Å². The smallest absolute Gasteiger partial charge is 0.407 e. The summed E-state index contributed by atoms with van der Waals surface area (Å²) >= 11 is 0. The van der Waals surface area contributed by atoms with E-state index in [1.807, 2.05) is 43.3 Å². The predicted octanol–water partition coefficient (Wildman–Crippen LogP) is 6.62. The van der Waals surface area contributed by atoms with Gasteiger partial charge in [-0.3, -0.25) is 0 Å². The number of nitrogens with one attached hydrogen (secondary N) is 1. The van der Waals surface area contributed by atoms with Crippen molar-refractivity contribution in [2.75, 3.05) is 6.54 Å². The third-order valence-corrected chi connectivity index (χ3v) is 5.62. The lowest BCUT2D eigenvalue weighted by Crippen LogP contribution is -2.28. The average Bonchev–Trinajstić information content (AvgIpc) is 3.20. The van der Waals surface area contributed by atoms with Crippen LogP contribution >= 0.6 is 0 Å². The summed E-state index contributed by atoms with van der Waals surface area (Å²) in [7, 11) is 0. The lowest BCUT2D eigenvalue weighted by atomic mass is 10.0. The number of ether oxygens (including phenoxy) is 1. The molecule has 4 aromatic rings. The fourth-order valence-corrected chi connectivity index (χ4v) is 3.95. The van der Waals surface area contributed by atoms with Crippen LogP contribution in [0, 0.1) is 12.7 Å². The Labute approximate surface area is 199 Å². The van der Waals surface area contributed by atoms with E-state index in [2.05, 4.69) is 34.1 Å². The summed E-state index contributed by atoms with van der Waals surface area (Å²) in [5.41, 5.74) is 4.35. The molecule has 0 aliphatic rings. The van der Waals surface area contributed by atoms with Gasteiger partial charge in [0.15, 0.2) is 11.6 Å². The minimum atomic E-state index is -0.644. The van der Waals surface area contributed by atoms with E-state index < -0.39 is 11.9 Å². The molecule has 0 fully saturated rings. The number of imidazole rings is 1. The number of halogens is 1. The second kappa shape index (κ2) is 11.3. The molecule has 5 nitrogen and oxygen atoms in total. The van der Waals surface area contributed by atoms with Crippen LogP contribution in [0.4, 0.5) is 9.18 Å². The molecule has 174 valence electrons. The monoisotopic (exact) mass is 457 g/mol. The summed E-state index contributed by atoms with van der Waals surface area (Å²) < 4.78 is 20.9. The zero-order valence-corrected chi connectivity index (χ0v) is 19.2. The van der Waals surface area contributed by atoms with Crippen molar-refractivity contribution < 1.29 is 13.9 Å². The molecule has 1 amide bonds. The lowest BCUT2D eigenvalue weighted by Gasteiger charge is -2.12. The van der Waals surface area contributed by atoms with Crippen LogP contribution in [0.1, 0.15) is 25.1 Å². The summed E-state index contributed by atoms with van der Waals surface area (Å²) in [6.45, 7) is 3.34. The van der Waals surface area contributed by atoms with Gasteiger partial charge in [-0.2, -0.15) is 0 Å². The molecule has 3 aromatic carbocycles. The first-order valence-corrected chi connectivity index (χ1v) is 11.5. The van der Waals surface area contributed by atoms with Crippen molar-refractivity contribution in [1.29, 1.82) is 0 Å². The molecular weight excluding hydrogens is 429 g/mol. The highest BCUT2D eigenvalue weighted by atomic mass is 19.1. The maximum atomic E-state index is 13.6. The van der Waals surface area contributed by atoms with Gasteiger partial charge < -0.3 is 14.6 Å². The highest BCUT2D eigenvalue weighted by molar-refractivity contribution is 5.79. The summed E-state index contributed by atoms with van der Waals surface area (Å²) in [4.78, 5) is 16.8. The average molecular weight is 458 g/mol. The minimum Gasteiger partial charge on any atom is -0.407 e. The van der Waals surface area contributed by atoms with E-state index >= 15 is 0 Å². The molecule has 0 unspecified atom stereocenters. The third kappa shape index (κ3) is 5.70. The number of aryl methyl sites for hydroxylation is 1. The zero-order valence-electron chi connectivity index (χ0n) is 19.2. The summed E-state index contributed by atoms with van der Waals surface area (Å²) in [5.74, 6) is 0.347. The molecule has 6 heteroatoms. The number of rotatable bonds is 9. The van der Waals surface area contributed by atoms with Crippen LogP contribution in [0.2, 0.25) is 0 Å². The van der Waals surface area contributed by atoms with E-state index in [0.717, 1.165) is 54.1 Å². The molecule has 4 rings (SSSR count). The van der Waals surface area contributed by atoms with Crippen molar-refractivity contribution in [3.8, 4) is 28.3 Å². The normalized spacial score (nSPS) is 10.8. The molecule has 0 aliphatic carbocycles. The number of para-hydroxylation sites is 1. The van der Waals surface area contributed by atoms with Gasteiger partial charge in [0.05, 0.1) is 11.4 Å². The van der Waals surface area contributed by atoms with Gasteiger partial charge in [0.25, 0.3) is 0 Å². The SMILES string of the molecule is Cc1nc(-c2ccccc2)c(-c2ccccc2)n1CCCCCNC(=O)Oc1ccccc1F. The van der Waals surface area contributed by atoms with Crippen molar-refractivity contribution >= 4 is 6.09 Å². The Bertz CT molecular complexity index is 1220. The van der Waals surface area contributed by atoms with Gasteiger partial charge in [0.1, 0.15) is 5.82 Å². The van der Waals surface area contributed by atoms with Gasteiger partial charge in [0.2, 0.25) is 0 Å². The molecule has 34 heavy (non-hydrogen) atoms. The first-order chi connectivity index (χ1) is 16.6. The molecule has 1 N–H and O–H groups in total. The molecular formula is C28H28FN3O2. The minimum absolute atomic E-state index is 0.0711. The summed E-state index contributed by atoms with van der Waals surface area (Å²) in [5, 5.41) is 2.68. The fourth-order valence-electron chi connectivity index (χ4n) is 3.95. The van der Waals surface area contributed by atoms with Crippen LogP contribution in [0.3, 0.4) is 0 Å². The molecule has 0 spiro atoms. The van der Waals surface area contributed by atoms with Crippen LogP contribution in [0.15, 0.2) is 84.9 Å². The van der Waals surface area contributed by atoms with Crippen molar-refractivity contribution in [3.05, 3.63) is 96.6 Å². The van der Waals surface area contributed by atoms with E-state index in [4.69, 9.17) is 9.72 Å². The van der Waals surface area contributed by atoms with Crippen molar-refractivity contribution in [3.63, 3.8) is 0 Å². The van der Waals surface area contributed by atoms with Gasteiger partial charge in [-0.05, 0) is 38.3 Å². The highest BCUT2D eigenvalue weighted by Gasteiger charge is 2.17. The third-order valence-electron chi connectivity index (χ3n) is 5.62. The number of aromatic nitrogens is 2. The molecule has 0 saturated carbocycles. The number of carbonyl (C=O) groups is 1. The molecule has 0 atom stereocenters. The van der Waals surface area contributed by atoms with Gasteiger partial charge in [-0.25, -0.2) is 14.2 Å². The summed E-state index contributed by atoms with van der Waals surface area (Å²) in [6, 6.07) is 26.4. The largest absolute Gasteiger partial charge is 0.412 e. The van der Waals surface area contributed by atoms with E-state index in [0.29, 0.717) is 6.54 Å². The molecule has 1 heterocycles. The lowest BCUT2D eigenvalue weighted by molar-refractivity contribution is 0.198. The van der Waals surface area contributed by atoms with E-state index in [1.54, 1.807) is 12.1 Å². The van der Waals surface area contributed by atoms with Crippen LogP contribution in [0.25, 0.3) is 22.5 Å². The van der Waals surface area contributed by atoms with Gasteiger partial charge in [0, 0.05) is 24.2 Å². The van der Waals surface area contributed by atoms with Gasteiger partial charge in [-0.15, -0.1) is 0 Å². The number of nitrogens with zero attached hydrogens (tertiary/aromatic N) is 2. The molecule has 1 aromatic heterocycles. The maximum absolute atomic E-state index is 13.6. The quantitative estimate of drug-likeness (QED) is 0.287. The number of hydrogen-bond acceptors (Lipinski definition) is 3. The topological polar surface area (TPSA) is 56.2 Å². The second-order valence-electron chi connectivity index (χ2n) is 8.05. The highest BCUT2D eigenvalue weighted by Crippen LogP contribution is 2.33. The number of benzene rings is 3. The second-order valence-corrected chi connectivity index (χ2v) is 8.05. The van der Waals surface area contributed by atoms with Crippen molar-refractivity contribution in [2.24, 2.45) is 0 Å². The summed E-state index contributed by atoms with van der Waals surface area (Å²) in [6.07, 6.45) is 2.02. The number of carbonyl (C=O) groups excluding carboxylic acids is 1. The molecule has 0 saturated heterocycles. The zero-order chi connectivity index (χ0) is 23.8. The van der Waals surface area contributed by atoms with Crippen molar-refractivity contribution in [2.45, 2.75) is 32.7 Å². The molecule has 0 aliphatic heterocycles. The van der Waals surface area contributed by atoms with Crippen LogP contribution in [-0.4, -0.2) is 22.2 Å². The van der Waals surface area contributed by atoms with Gasteiger partial charge >= 0.3 is 6.09 Å². The number of unbranched alkanes of at least 4 members (excludes halogenated alkanes) is 2. The Hall–Kier alpha value is -3.93. The Morgan fingerprint density at radius 3 is 2.24 bits per heavy atom. The predicted molar refractivity (Wildman–Crippen MR) is 132 cm³/mol. The fraction of sp³-hybridized carbons (Fsp3) is 0.214. The standard InChI is InChI=1S/C28H28FN3O2/c1-21-31-26(22-13-5-2-6-14-22)27(23-15-7-3-8-16-23)32(21)20-12-4-11-19-30-28(33)34-25-18-10-9-17-24(25)29/h2-3,5-10,13-18H,4,11-12,19-20H2,1H3,(H,30,33). The molecule has 0 radical (unpaired) electrons. The van der Waals surface area contributed by atoms with Crippen LogP contribution in [0.5, 0.6) is 5.75 Å². The molecule has 0 bridgehead atoms. The van der Waals surface area contributed by atoms with E-state index in [1.165, 1.54) is 12.1 Å². The Morgan fingerprint density at radius 2 is 1.53 bits per heavy atom. The first kappa shape index (κ1) is 23.2. The van der Waals surface area contributed by atoms with Crippen LogP contribution < -0.4 is 10.1 Å². The Morgan fingerprint density at radius 1 is 0.882 bits per heavy atom. The van der Waals surface area contributed by atoms with Crippen LogP contribution in [-0.2, 0) is 6.54 Å². The maximum Gasteiger partial charge on any atom is 0.412 e. The van der Waals surface area contributed by atoms with Gasteiger partial charge in [-0.1, -0.05) is 72.8 Å². The van der Waals surface area contributed by atoms with E-state index in [-0.39, 0.29) is 5.75 Å². The number of amides is 1.